The van der Waals surface area contributed by atoms with Crippen LogP contribution in [0.2, 0.25) is 0 Å². The molecule has 4 nitrogen and oxygen atoms in total. The van der Waals surface area contributed by atoms with Crippen LogP contribution >= 0.6 is 12.4 Å². The Labute approximate surface area is 148 Å². The van der Waals surface area contributed by atoms with E-state index in [4.69, 9.17) is 4.74 Å². The van der Waals surface area contributed by atoms with E-state index >= 15 is 0 Å². The molecule has 0 spiro atoms. The van der Waals surface area contributed by atoms with Gasteiger partial charge in [0.15, 0.2) is 0 Å². The lowest BCUT2D eigenvalue weighted by Gasteiger charge is -2.30. The lowest BCUT2D eigenvalue weighted by Crippen LogP contribution is -2.39. The Hall–Kier alpha value is -2.04. The molecule has 0 fully saturated rings. The fraction of sp³-hybridized carbons (Fsp3) is 0.316. The molecular weight excluding hydrogens is 322 g/mol. The van der Waals surface area contributed by atoms with E-state index in [2.05, 4.69) is 53.1 Å². The Kier molecular flexibility index (Phi) is 4.52. The van der Waals surface area contributed by atoms with E-state index in [0.29, 0.717) is 6.04 Å². The highest BCUT2D eigenvalue weighted by atomic mass is 35.5. The molecule has 1 aliphatic rings. The first-order chi connectivity index (χ1) is 11.2. The Bertz CT molecular complexity index is 860. The van der Waals surface area contributed by atoms with Gasteiger partial charge in [-0.2, -0.15) is 0 Å². The van der Waals surface area contributed by atoms with Gasteiger partial charge in [0.2, 0.25) is 0 Å². The maximum absolute atomic E-state index is 5.42. The third-order valence-electron chi connectivity index (χ3n) is 4.78. The third-order valence-corrected chi connectivity index (χ3v) is 4.78. The molecule has 0 aliphatic carbocycles. The summed E-state index contributed by atoms with van der Waals surface area (Å²) >= 11 is 0. The molecule has 2 atom stereocenters. The average molecular weight is 344 g/mol. The Morgan fingerprint density at radius 1 is 1.25 bits per heavy atom. The van der Waals surface area contributed by atoms with Gasteiger partial charge in [0.25, 0.3) is 0 Å². The van der Waals surface area contributed by atoms with Crippen LogP contribution in [-0.4, -0.2) is 22.7 Å². The number of aromatic nitrogens is 2. The summed E-state index contributed by atoms with van der Waals surface area (Å²) in [4.78, 5) is 4.58. The Morgan fingerprint density at radius 3 is 2.79 bits per heavy atom. The maximum atomic E-state index is 5.42. The van der Waals surface area contributed by atoms with E-state index < -0.39 is 0 Å². The van der Waals surface area contributed by atoms with E-state index in [9.17, 15) is 0 Å². The third kappa shape index (κ3) is 2.56. The van der Waals surface area contributed by atoms with Crippen LogP contribution in [0.4, 0.5) is 0 Å². The van der Waals surface area contributed by atoms with Crippen molar-refractivity contribution in [2.24, 2.45) is 7.05 Å². The number of rotatable bonds is 2. The number of benzene rings is 1. The molecular formula is C19H22ClN3O. The van der Waals surface area contributed by atoms with E-state index in [0.717, 1.165) is 17.9 Å². The minimum absolute atomic E-state index is 0. The van der Waals surface area contributed by atoms with Crippen molar-refractivity contribution in [3.8, 4) is 5.75 Å². The lowest BCUT2D eigenvalue weighted by molar-refractivity contribution is 0.415. The zero-order valence-electron chi connectivity index (χ0n) is 14.1. The Balaban J connectivity index is 0.00000169. The van der Waals surface area contributed by atoms with Crippen molar-refractivity contribution in [2.45, 2.75) is 25.4 Å². The lowest BCUT2D eigenvalue weighted by atomic mass is 9.93. The molecule has 5 heteroatoms. The minimum Gasteiger partial charge on any atom is -0.497 e. The van der Waals surface area contributed by atoms with Crippen molar-refractivity contribution in [1.82, 2.24) is 14.9 Å². The summed E-state index contributed by atoms with van der Waals surface area (Å²) < 4.78 is 7.72. The predicted molar refractivity (Wildman–Crippen MR) is 99.1 cm³/mol. The zero-order valence-corrected chi connectivity index (χ0v) is 14.9. The van der Waals surface area contributed by atoms with Gasteiger partial charge >= 0.3 is 0 Å². The molecule has 1 aromatic carbocycles. The smallest absolute Gasteiger partial charge is 0.119 e. The van der Waals surface area contributed by atoms with Crippen LogP contribution in [-0.2, 0) is 13.5 Å². The molecule has 0 bridgehead atoms. The van der Waals surface area contributed by atoms with Crippen LogP contribution < -0.4 is 10.1 Å². The molecule has 24 heavy (non-hydrogen) atoms. The summed E-state index contributed by atoms with van der Waals surface area (Å²) in [6.45, 7) is 2.23. The topological polar surface area (TPSA) is 39.1 Å². The van der Waals surface area contributed by atoms with Crippen molar-refractivity contribution in [1.29, 1.82) is 0 Å². The molecule has 0 saturated carbocycles. The number of nitrogens with one attached hydrogen (secondary N) is 1. The van der Waals surface area contributed by atoms with Crippen molar-refractivity contribution >= 4 is 23.3 Å². The van der Waals surface area contributed by atoms with E-state index in [1.54, 1.807) is 7.11 Å². The molecule has 3 heterocycles. The summed E-state index contributed by atoms with van der Waals surface area (Å²) in [5, 5.41) is 4.99. The van der Waals surface area contributed by atoms with Crippen LogP contribution in [0.1, 0.15) is 29.9 Å². The second-order valence-corrected chi connectivity index (χ2v) is 6.27. The number of hydrogen-bond acceptors (Lipinski definition) is 3. The normalized spacial score (nSPS) is 19.6. The summed E-state index contributed by atoms with van der Waals surface area (Å²) in [7, 11) is 3.86. The molecule has 2 aromatic heterocycles. The van der Waals surface area contributed by atoms with E-state index in [1.165, 1.54) is 22.2 Å². The highest BCUT2D eigenvalue weighted by Crippen LogP contribution is 2.37. The number of fused-ring (bicyclic) bond motifs is 3. The summed E-state index contributed by atoms with van der Waals surface area (Å²) in [6, 6.07) is 13.0. The first kappa shape index (κ1) is 16.8. The van der Waals surface area contributed by atoms with Crippen molar-refractivity contribution < 1.29 is 4.74 Å². The fourth-order valence-corrected chi connectivity index (χ4v) is 3.73. The highest BCUT2D eigenvalue weighted by Gasteiger charge is 2.31. The second-order valence-electron chi connectivity index (χ2n) is 6.27. The average Bonchev–Trinajstić information content (AvgIpc) is 2.87. The first-order valence-corrected chi connectivity index (χ1v) is 8.01. The number of halogens is 1. The number of pyridine rings is 1. The monoisotopic (exact) mass is 343 g/mol. The molecule has 3 aromatic rings. The van der Waals surface area contributed by atoms with Gasteiger partial charge < -0.3 is 14.6 Å². The van der Waals surface area contributed by atoms with Gasteiger partial charge in [-0.15, -0.1) is 12.4 Å². The Morgan fingerprint density at radius 2 is 2.08 bits per heavy atom. The van der Waals surface area contributed by atoms with Gasteiger partial charge in [-0.05, 0) is 49.2 Å². The minimum atomic E-state index is 0. The summed E-state index contributed by atoms with van der Waals surface area (Å²) in [6.07, 6.45) is 2.88. The van der Waals surface area contributed by atoms with Gasteiger partial charge in [0.1, 0.15) is 5.75 Å². The quantitative estimate of drug-likeness (QED) is 0.772. The van der Waals surface area contributed by atoms with Gasteiger partial charge in [0.05, 0.1) is 18.8 Å². The molecule has 1 N–H and O–H groups in total. The predicted octanol–water partition coefficient (Wildman–Crippen LogP) is 3.63. The number of aryl methyl sites for hydroxylation is 1. The first-order valence-electron chi connectivity index (χ1n) is 8.01. The SMILES string of the molecule is COc1ccc2c(c1)c1c(n2C)C(c2ccccn2)NC(C)C1.Cl. The van der Waals surface area contributed by atoms with Crippen LogP contribution in [0.25, 0.3) is 10.9 Å². The number of nitrogens with zero attached hydrogens (tertiary/aromatic N) is 2. The largest absolute Gasteiger partial charge is 0.497 e. The maximum Gasteiger partial charge on any atom is 0.119 e. The number of ether oxygens (including phenoxy) is 1. The van der Waals surface area contributed by atoms with Gasteiger partial charge in [-0.3, -0.25) is 4.98 Å². The van der Waals surface area contributed by atoms with Gasteiger partial charge in [-0.1, -0.05) is 6.07 Å². The van der Waals surface area contributed by atoms with E-state index in [1.807, 2.05) is 18.3 Å². The van der Waals surface area contributed by atoms with Crippen molar-refractivity contribution in [2.75, 3.05) is 7.11 Å². The van der Waals surface area contributed by atoms with Gasteiger partial charge in [0, 0.05) is 35.9 Å². The van der Waals surface area contributed by atoms with E-state index in [-0.39, 0.29) is 18.4 Å². The molecule has 1 aliphatic heterocycles. The van der Waals surface area contributed by atoms with Crippen LogP contribution in [0, 0.1) is 0 Å². The number of hydrogen-bond donors (Lipinski definition) is 1. The molecule has 2 unspecified atom stereocenters. The second kappa shape index (κ2) is 6.46. The summed E-state index contributed by atoms with van der Waals surface area (Å²) in [5.74, 6) is 0.909. The zero-order chi connectivity index (χ0) is 16.0. The molecule has 0 radical (unpaired) electrons. The summed E-state index contributed by atoms with van der Waals surface area (Å²) in [5.41, 5.74) is 5.03. The fourth-order valence-electron chi connectivity index (χ4n) is 3.73. The standard InChI is InChI=1S/C19H21N3O.ClH/c1-12-10-15-14-11-13(23-3)7-8-17(14)22(2)19(15)18(21-12)16-6-4-5-9-20-16;/h4-9,11-12,18,21H,10H2,1-3H3;1H. The van der Waals surface area contributed by atoms with Crippen LogP contribution in [0.5, 0.6) is 5.75 Å². The molecule has 0 amide bonds. The van der Waals surface area contributed by atoms with Crippen LogP contribution in [0.3, 0.4) is 0 Å². The van der Waals surface area contributed by atoms with Gasteiger partial charge in [-0.25, -0.2) is 0 Å². The van der Waals surface area contributed by atoms with Crippen LogP contribution in [0.15, 0.2) is 42.6 Å². The molecule has 126 valence electrons. The van der Waals surface area contributed by atoms with Crippen molar-refractivity contribution in [3.63, 3.8) is 0 Å². The molecule has 0 saturated heterocycles. The molecule has 4 rings (SSSR count). The number of methoxy groups -OCH3 is 1. The highest BCUT2D eigenvalue weighted by molar-refractivity contribution is 5.87. The van der Waals surface area contributed by atoms with Crippen molar-refractivity contribution in [3.05, 3.63) is 59.5 Å².